The standard InChI is InChI=1S/C29H32N2O6/c1-5-34-26(32)7-6-14-35-23-12-13-25-24(17-23)31-28(36-25)21-9-8-20-16-22(11-10-19(20)15-21)30-18-27(33)37-29(2,3)4/h8-13,15-17,30H,5-7,14,18H2,1-4H3. The second kappa shape index (κ2) is 11.3. The van der Waals surface area contributed by atoms with Crippen molar-refractivity contribution in [2.75, 3.05) is 25.1 Å². The van der Waals surface area contributed by atoms with Crippen molar-refractivity contribution in [1.29, 1.82) is 0 Å². The molecule has 0 spiro atoms. The van der Waals surface area contributed by atoms with Crippen LogP contribution in [0.15, 0.2) is 59.0 Å². The van der Waals surface area contributed by atoms with Gasteiger partial charge in [-0.3, -0.25) is 9.59 Å². The van der Waals surface area contributed by atoms with Crippen LogP contribution >= 0.6 is 0 Å². The number of nitrogens with one attached hydrogen (secondary N) is 1. The molecule has 0 amide bonds. The average Bonchev–Trinajstić information content (AvgIpc) is 3.28. The van der Waals surface area contributed by atoms with Gasteiger partial charge in [0.1, 0.15) is 23.4 Å². The molecule has 194 valence electrons. The molecule has 0 aliphatic carbocycles. The number of anilines is 1. The van der Waals surface area contributed by atoms with E-state index in [1.54, 1.807) is 6.92 Å². The lowest BCUT2D eigenvalue weighted by molar-refractivity contribution is -0.152. The minimum absolute atomic E-state index is 0.0981. The van der Waals surface area contributed by atoms with Crippen molar-refractivity contribution in [1.82, 2.24) is 4.98 Å². The maximum atomic E-state index is 12.0. The molecule has 0 saturated carbocycles. The molecule has 1 aromatic heterocycles. The van der Waals surface area contributed by atoms with Gasteiger partial charge in [-0.1, -0.05) is 12.1 Å². The van der Waals surface area contributed by atoms with Gasteiger partial charge in [0, 0.05) is 23.7 Å². The summed E-state index contributed by atoms with van der Waals surface area (Å²) in [5.41, 5.74) is 2.54. The van der Waals surface area contributed by atoms with E-state index in [1.165, 1.54) is 0 Å². The summed E-state index contributed by atoms with van der Waals surface area (Å²) in [7, 11) is 0. The summed E-state index contributed by atoms with van der Waals surface area (Å²) in [6, 6.07) is 17.4. The number of oxazole rings is 1. The van der Waals surface area contributed by atoms with Gasteiger partial charge < -0.3 is 23.9 Å². The Kier molecular flexibility index (Phi) is 7.96. The van der Waals surface area contributed by atoms with Crippen molar-refractivity contribution in [3.05, 3.63) is 54.6 Å². The molecular formula is C29H32N2O6. The lowest BCUT2D eigenvalue weighted by atomic mass is 10.1. The molecule has 8 heteroatoms. The molecule has 4 aromatic rings. The Labute approximate surface area is 215 Å². The molecule has 1 heterocycles. The maximum Gasteiger partial charge on any atom is 0.325 e. The van der Waals surface area contributed by atoms with E-state index >= 15 is 0 Å². The zero-order valence-electron chi connectivity index (χ0n) is 21.6. The number of hydrogen-bond acceptors (Lipinski definition) is 8. The molecule has 0 saturated heterocycles. The molecule has 0 unspecified atom stereocenters. The second-order valence-corrected chi connectivity index (χ2v) is 9.62. The van der Waals surface area contributed by atoms with Gasteiger partial charge in [0.2, 0.25) is 5.89 Å². The van der Waals surface area contributed by atoms with Gasteiger partial charge in [-0.25, -0.2) is 4.98 Å². The van der Waals surface area contributed by atoms with Crippen LogP contribution in [0.4, 0.5) is 5.69 Å². The van der Waals surface area contributed by atoms with Gasteiger partial charge in [-0.15, -0.1) is 0 Å². The van der Waals surface area contributed by atoms with Crippen LogP contribution in [-0.2, 0) is 19.1 Å². The van der Waals surface area contributed by atoms with Crippen molar-refractivity contribution in [2.45, 2.75) is 46.1 Å². The fourth-order valence-corrected chi connectivity index (χ4v) is 3.80. The Bertz CT molecular complexity index is 1400. The first-order valence-electron chi connectivity index (χ1n) is 12.4. The number of ether oxygens (including phenoxy) is 3. The molecule has 0 aliphatic rings. The molecule has 0 atom stereocenters. The van der Waals surface area contributed by atoms with Crippen LogP contribution in [0.3, 0.4) is 0 Å². The minimum Gasteiger partial charge on any atom is -0.493 e. The van der Waals surface area contributed by atoms with Gasteiger partial charge in [-0.2, -0.15) is 0 Å². The molecule has 0 fully saturated rings. The van der Waals surface area contributed by atoms with E-state index in [-0.39, 0.29) is 18.5 Å². The number of aromatic nitrogens is 1. The zero-order valence-corrected chi connectivity index (χ0v) is 21.6. The number of carbonyl (C=O) groups excluding carboxylic acids is 2. The Morgan fingerprint density at radius 1 is 0.973 bits per heavy atom. The fraction of sp³-hybridized carbons (Fsp3) is 0.345. The molecule has 37 heavy (non-hydrogen) atoms. The summed E-state index contributed by atoms with van der Waals surface area (Å²) < 4.78 is 22.0. The van der Waals surface area contributed by atoms with E-state index in [0.717, 1.165) is 22.0 Å². The van der Waals surface area contributed by atoms with Crippen LogP contribution in [-0.4, -0.2) is 42.3 Å². The van der Waals surface area contributed by atoms with Crippen LogP contribution in [0.5, 0.6) is 5.75 Å². The van der Waals surface area contributed by atoms with E-state index < -0.39 is 5.60 Å². The Morgan fingerprint density at radius 3 is 2.54 bits per heavy atom. The van der Waals surface area contributed by atoms with Crippen molar-refractivity contribution < 1.29 is 28.2 Å². The average molecular weight is 505 g/mol. The summed E-state index contributed by atoms with van der Waals surface area (Å²) in [5, 5.41) is 5.16. The smallest absolute Gasteiger partial charge is 0.325 e. The first kappa shape index (κ1) is 26.0. The first-order valence-corrected chi connectivity index (χ1v) is 12.4. The minimum atomic E-state index is -0.511. The lowest BCUT2D eigenvalue weighted by Crippen LogP contribution is -2.28. The Hall–Kier alpha value is -4.07. The molecule has 3 aromatic carbocycles. The SMILES string of the molecule is CCOC(=O)CCCOc1ccc2oc(-c3ccc4cc(NCC(=O)OC(C)(C)C)ccc4c3)nc2c1. The van der Waals surface area contributed by atoms with Crippen LogP contribution in [0, 0.1) is 0 Å². The highest BCUT2D eigenvalue weighted by atomic mass is 16.6. The molecule has 0 bridgehead atoms. The largest absolute Gasteiger partial charge is 0.493 e. The van der Waals surface area contributed by atoms with E-state index in [0.29, 0.717) is 48.8 Å². The highest BCUT2D eigenvalue weighted by Gasteiger charge is 2.16. The number of hydrogen-bond donors (Lipinski definition) is 1. The van der Waals surface area contributed by atoms with Crippen molar-refractivity contribution in [2.24, 2.45) is 0 Å². The number of esters is 2. The second-order valence-electron chi connectivity index (χ2n) is 9.62. The summed E-state index contributed by atoms with van der Waals surface area (Å²) in [5.74, 6) is 0.667. The molecule has 0 aliphatic heterocycles. The van der Waals surface area contributed by atoms with Crippen molar-refractivity contribution in [3.8, 4) is 17.2 Å². The molecule has 0 radical (unpaired) electrons. The highest BCUT2D eigenvalue weighted by Crippen LogP contribution is 2.30. The quantitative estimate of drug-likeness (QED) is 0.204. The Balaban J connectivity index is 1.41. The maximum absolute atomic E-state index is 12.0. The third kappa shape index (κ3) is 7.22. The monoisotopic (exact) mass is 504 g/mol. The summed E-state index contributed by atoms with van der Waals surface area (Å²) in [6.07, 6.45) is 0.906. The van der Waals surface area contributed by atoms with E-state index in [1.807, 2.05) is 75.4 Å². The molecular weight excluding hydrogens is 472 g/mol. The van der Waals surface area contributed by atoms with Crippen molar-refractivity contribution in [3.63, 3.8) is 0 Å². The van der Waals surface area contributed by atoms with Crippen molar-refractivity contribution >= 4 is 39.5 Å². The van der Waals surface area contributed by atoms with Gasteiger partial charge in [0.05, 0.1) is 13.2 Å². The number of nitrogens with zero attached hydrogens (tertiary/aromatic N) is 1. The third-order valence-electron chi connectivity index (χ3n) is 5.40. The summed E-state index contributed by atoms with van der Waals surface area (Å²) in [4.78, 5) is 28.1. The summed E-state index contributed by atoms with van der Waals surface area (Å²) >= 11 is 0. The zero-order chi connectivity index (χ0) is 26.4. The predicted octanol–water partition coefficient (Wildman–Crippen LogP) is 6.12. The lowest BCUT2D eigenvalue weighted by Gasteiger charge is -2.19. The molecule has 8 nitrogen and oxygen atoms in total. The van der Waals surface area contributed by atoms with Crippen LogP contribution < -0.4 is 10.1 Å². The Morgan fingerprint density at radius 2 is 1.76 bits per heavy atom. The van der Waals surface area contributed by atoms with Crippen LogP contribution in [0.1, 0.15) is 40.5 Å². The third-order valence-corrected chi connectivity index (χ3v) is 5.40. The predicted molar refractivity (Wildman–Crippen MR) is 143 cm³/mol. The molecule has 4 rings (SSSR count). The number of rotatable bonds is 10. The van der Waals surface area contributed by atoms with E-state index in [9.17, 15) is 9.59 Å². The van der Waals surface area contributed by atoms with Gasteiger partial charge in [-0.05, 0) is 81.3 Å². The fourth-order valence-electron chi connectivity index (χ4n) is 3.80. The first-order chi connectivity index (χ1) is 17.7. The molecule has 1 N–H and O–H groups in total. The number of carbonyl (C=O) groups is 2. The van der Waals surface area contributed by atoms with Crippen LogP contribution in [0.2, 0.25) is 0 Å². The van der Waals surface area contributed by atoms with Gasteiger partial charge in [0.25, 0.3) is 0 Å². The van der Waals surface area contributed by atoms with Crippen LogP contribution in [0.25, 0.3) is 33.3 Å². The normalized spacial score (nSPS) is 11.5. The highest BCUT2D eigenvalue weighted by molar-refractivity contribution is 5.90. The topological polar surface area (TPSA) is 99.9 Å². The van der Waals surface area contributed by atoms with Gasteiger partial charge in [0.15, 0.2) is 5.58 Å². The number of fused-ring (bicyclic) bond motifs is 2. The van der Waals surface area contributed by atoms with E-state index in [2.05, 4.69) is 10.3 Å². The van der Waals surface area contributed by atoms with E-state index in [4.69, 9.17) is 18.6 Å². The van der Waals surface area contributed by atoms with Gasteiger partial charge >= 0.3 is 11.9 Å². The summed E-state index contributed by atoms with van der Waals surface area (Å²) in [6.45, 7) is 8.22. The number of benzene rings is 3.